The molecule has 1 rings (SSSR count). The van der Waals surface area contributed by atoms with Crippen molar-refractivity contribution < 1.29 is 19.1 Å². The monoisotopic (exact) mass is 269 g/mol. The van der Waals surface area contributed by atoms with Crippen molar-refractivity contribution in [2.24, 2.45) is 0 Å². The Morgan fingerprint density at radius 3 is 2.63 bits per heavy atom. The maximum atomic E-state index is 11.9. The molecule has 0 aliphatic carbocycles. The van der Waals surface area contributed by atoms with E-state index in [-0.39, 0.29) is 12.1 Å². The van der Waals surface area contributed by atoms with E-state index in [1.54, 1.807) is 11.8 Å². The van der Waals surface area contributed by atoms with Crippen molar-refractivity contribution in [3.8, 4) is 0 Å². The van der Waals surface area contributed by atoms with Gasteiger partial charge in [-0.3, -0.25) is 0 Å². The molecule has 0 aromatic rings. The van der Waals surface area contributed by atoms with Crippen LogP contribution in [-0.4, -0.2) is 42.3 Å². The molecule has 5 heteroatoms. The predicted molar refractivity (Wildman–Crippen MR) is 71.8 cm³/mol. The zero-order chi connectivity index (χ0) is 14.5. The summed E-state index contributed by atoms with van der Waals surface area (Å²) in [6.07, 6.45) is 2.81. The van der Waals surface area contributed by atoms with E-state index in [1.807, 2.05) is 20.8 Å². The SMILES string of the molecule is CCOC(=O)C=C1CCCN(C(=O)OC(C)(C)C)C1. The molecule has 0 unspecified atom stereocenters. The summed E-state index contributed by atoms with van der Waals surface area (Å²) in [5.74, 6) is -0.344. The highest BCUT2D eigenvalue weighted by atomic mass is 16.6. The van der Waals surface area contributed by atoms with Crippen molar-refractivity contribution in [1.29, 1.82) is 0 Å². The number of hydrogen-bond acceptors (Lipinski definition) is 4. The van der Waals surface area contributed by atoms with Crippen molar-refractivity contribution in [2.75, 3.05) is 19.7 Å². The molecule has 1 aliphatic rings. The van der Waals surface area contributed by atoms with Gasteiger partial charge in [0, 0.05) is 19.2 Å². The standard InChI is InChI=1S/C14H23NO4/c1-5-18-12(16)9-11-7-6-8-15(10-11)13(17)19-14(2,3)4/h9H,5-8,10H2,1-4H3. The van der Waals surface area contributed by atoms with Crippen LogP contribution in [0.25, 0.3) is 0 Å². The number of nitrogens with zero attached hydrogens (tertiary/aromatic N) is 1. The maximum absolute atomic E-state index is 11.9. The molecule has 0 aromatic carbocycles. The highest BCUT2D eigenvalue weighted by Crippen LogP contribution is 2.18. The van der Waals surface area contributed by atoms with Crippen LogP contribution in [0.5, 0.6) is 0 Å². The smallest absolute Gasteiger partial charge is 0.410 e. The number of amides is 1. The number of esters is 1. The van der Waals surface area contributed by atoms with E-state index in [0.29, 0.717) is 19.7 Å². The van der Waals surface area contributed by atoms with Crippen LogP contribution in [0.15, 0.2) is 11.6 Å². The Morgan fingerprint density at radius 1 is 1.37 bits per heavy atom. The Balaban J connectivity index is 2.59. The minimum Gasteiger partial charge on any atom is -0.463 e. The molecule has 0 N–H and O–H groups in total. The fourth-order valence-electron chi connectivity index (χ4n) is 1.85. The van der Waals surface area contributed by atoms with Crippen LogP contribution in [0, 0.1) is 0 Å². The lowest BCUT2D eigenvalue weighted by atomic mass is 10.1. The lowest BCUT2D eigenvalue weighted by Crippen LogP contribution is -2.40. The number of rotatable bonds is 2. The molecule has 0 saturated carbocycles. The third kappa shape index (κ3) is 5.77. The first-order chi connectivity index (χ1) is 8.81. The summed E-state index contributed by atoms with van der Waals surface area (Å²) in [5.41, 5.74) is 0.412. The first kappa shape index (κ1) is 15.5. The quantitative estimate of drug-likeness (QED) is 0.571. The van der Waals surface area contributed by atoms with Gasteiger partial charge in [-0.15, -0.1) is 0 Å². The summed E-state index contributed by atoms with van der Waals surface area (Å²) in [6.45, 7) is 8.74. The Morgan fingerprint density at radius 2 is 2.05 bits per heavy atom. The Labute approximate surface area is 114 Å². The largest absolute Gasteiger partial charge is 0.463 e. The molecule has 0 aromatic heterocycles. The van der Waals surface area contributed by atoms with Gasteiger partial charge >= 0.3 is 12.1 Å². The Kier molecular flexibility index (Phi) is 5.39. The summed E-state index contributed by atoms with van der Waals surface area (Å²) in [7, 11) is 0. The van der Waals surface area contributed by atoms with Gasteiger partial charge in [-0.05, 0) is 46.1 Å². The molecule has 5 nitrogen and oxygen atoms in total. The number of carbonyl (C=O) groups is 2. The van der Waals surface area contributed by atoms with E-state index < -0.39 is 5.60 Å². The minimum absolute atomic E-state index is 0.332. The molecule has 1 aliphatic heterocycles. The molecule has 0 spiro atoms. The highest BCUT2D eigenvalue weighted by molar-refractivity contribution is 5.83. The van der Waals surface area contributed by atoms with Crippen molar-refractivity contribution in [3.05, 3.63) is 11.6 Å². The summed E-state index contributed by atoms with van der Waals surface area (Å²) >= 11 is 0. The van der Waals surface area contributed by atoms with E-state index >= 15 is 0 Å². The normalized spacial score (nSPS) is 18.3. The maximum Gasteiger partial charge on any atom is 0.410 e. The lowest BCUT2D eigenvalue weighted by molar-refractivity contribution is -0.137. The van der Waals surface area contributed by atoms with Gasteiger partial charge in [-0.25, -0.2) is 9.59 Å². The topological polar surface area (TPSA) is 55.8 Å². The average Bonchev–Trinajstić information content (AvgIpc) is 2.27. The molecule has 1 heterocycles. The van der Waals surface area contributed by atoms with Gasteiger partial charge in [0.25, 0.3) is 0 Å². The van der Waals surface area contributed by atoms with E-state index in [9.17, 15) is 9.59 Å². The van der Waals surface area contributed by atoms with Gasteiger partial charge in [0.2, 0.25) is 0 Å². The van der Waals surface area contributed by atoms with E-state index in [1.165, 1.54) is 6.08 Å². The predicted octanol–water partition coefficient (Wildman–Crippen LogP) is 2.51. The van der Waals surface area contributed by atoms with Crippen LogP contribution in [0.4, 0.5) is 4.79 Å². The van der Waals surface area contributed by atoms with Crippen LogP contribution >= 0.6 is 0 Å². The van der Waals surface area contributed by atoms with Crippen molar-refractivity contribution in [3.63, 3.8) is 0 Å². The zero-order valence-electron chi connectivity index (χ0n) is 12.2. The van der Waals surface area contributed by atoms with Crippen LogP contribution in [0.2, 0.25) is 0 Å². The fourth-order valence-corrected chi connectivity index (χ4v) is 1.85. The summed E-state index contributed by atoms with van der Waals surface area (Å²) in [5, 5.41) is 0. The van der Waals surface area contributed by atoms with Crippen molar-refractivity contribution >= 4 is 12.1 Å². The minimum atomic E-state index is -0.500. The summed E-state index contributed by atoms with van der Waals surface area (Å²) in [4.78, 5) is 24.9. The van der Waals surface area contributed by atoms with E-state index in [2.05, 4.69) is 0 Å². The Hall–Kier alpha value is -1.52. The summed E-state index contributed by atoms with van der Waals surface area (Å²) in [6, 6.07) is 0. The van der Waals surface area contributed by atoms with Gasteiger partial charge in [0.1, 0.15) is 5.60 Å². The molecule has 0 bridgehead atoms. The third-order valence-electron chi connectivity index (χ3n) is 2.58. The van der Waals surface area contributed by atoms with Gasteiger partial charge in [0.15, 0.2) is 0 Å². The second-order valence-electron chi connectivity index (χ2n) is 5.56. The van der Waals surface area contributed by atoms with E-state index in [4.69, 9.17) is 9.47 Å². The molecule has 1 amide bonds. The van der Waals surface area contributed by atoms with Gasteiger partial charge in [-0.1, -0.05) is 0 Å². The van der Waals surface area contributed by atoms with Crippen molar-refractivity contribution in [2.45, 2.75) is 46.1 Å². The highest BCUT2D eigenvalue weighted by Gasteiger charge is 2.25. The number of likely N-dealkylation sites (tertiary alicyclic amines) is 1. The number of hydrogen-bond donors (Lipinski definition) is 0. The summed E-state index contributed by atoms with van der Waals surface area (Å²) < 4.78 is 10.2. The molecular weight excluding hydrogens is 246 g/mol. The Bertz CT molecular complexity index is 368. The molecule has 1 fully saturated rings. The lowest BCUT2D eigenvalue weighted by Gasteiger charge is -2.31. The third-order valence-corrected chi connectivity index (χ3v) is 2.58. The first-order valence-electron chi connectivity index (χ1n) is 6.66. The molecule has 108 valence electrons. The molecular formula is C14H23NO4. The van der Waals surface area contributed by atoms with Crippen molar-refractivity contribution in [1.82, 2.24) is 4.90 Å². The van der Waals surface area contributed by atoms with Gasteiger partial charge in [0.05, 0.1) is 6.61 Å². The molecule has 0 radical (unpaired) electrons. The first-order valence-corrected chi connectivity index (χ1v) is 6.66. The second-order valence-corrected chi connectivity index (χ2v) is 5.56. The molecule has 0 atom stereocenters. The average molecular weight is 269 g/mol. The molecule has 19 heavy (non-hydrogen) atoms. The van der Waals surface area contributed by atoms with Gasteiger partial charge in [-0.2, -0.15) is 0 Å². The van der Waals surface area contributed by atoms with Gasteiger partial charge < -0.3 is 14.4 Å². The molecule has 1 saturated heterocycles. The zero-order valence-corrected chi connectivity index (χ0v) is 12.2. The van der Waals surface area contributed by atoms with Crippen LogP contribution in [0.3, 0.4) is 0 Å². The second kappa shape index (κ2) is 6.59. The van der Waals surface area contributed by atoms with E-state index in [0.717, 1.165) is 18.4 Å². The van der Waals surface area contributed by atoms with Crippen LogP contribution in [-0.2, 0) is 14.3 Å². The fraction of sp³-hybridized carbons (Fsp3) is 0.714. The number of piperidine rings is 1. The van der Waals surface area contributed by atoms with Crippen LogP contribution in [0.1, 0.15) is 40.5 Å². The number of ether oxygens (including phenoxy) is 2. The number of carbonyl (C=O) groups excluding carboxylic acids is 2. The van der Waals surface area contributed by atoms with Crippen LogP contribution < -0.4 is 0 Å².